The number of aromatic nitrogens is 1. The van der Waals surface area contributed by atoms with Gasteiger partial charge in [-0.2, -0.15) is 0 Å². The molecule has 0 spiro atoms. The van der Waals surface area contributed by atoms with Crippen molar-refractivity contribution in [1.29, 1.82) is 0 Å². The Bertz CT molecular complexity index is 854. The van der Waals surface area contributed by atoms with E-state index in [4.69, 9.17) is 9.47 Å². The van der Waals surface area contributed by atoms with Crippen molar-refractivity contribution in [1.82, 2.24) is 10.3 Å². The molecule has 0 bridgehead atoms. The Morgan fingerprint density at radius 1 is 1.04 bits per heavy atom. The van der Waals surface area contributed by atoms with E-state index in [2.05, 4.69) is 23.3 Å². The second-order valence-electron chi connectivity index (χ2n) is 6.29. The van der Waals surface area contributed by atoms with Gasteiger partial charge in [0.1, 0.15) is 12.4 Å². The summed E-state index contributed by atoms with van der Waals surface area (Å²) in [6.07, 6.45) is 3.64. The molecule has 0 saturated heterocycles. The highest BCUT2D eigenvalue weighted by Crippen LogP contribution is 2.29. The number of nitrogens with zero attached hydrogens (tertiary/aromatic N) is 1. The van der Waals surface area contributed by atoms with Crippen molar-refractivity contribution in [2.45, 2.75) is 26.1 Å². The lowest BCUT2D eigenvalue weighted by Gasteiger charge is -2.16. The highest BCUT2D eigenvalue weighted by Gasteiger charge is 2.09. The molecular formula is C22H23FN2O2. The fourth-order valence-corrected chi connectivity index (χ4v) is 2.70. The van der Waals surface area contributed by atoms with E-state index < -0.39 is 0 Å². The van der Waals surface area contributed by atoms with Crippen LogP contribution in [0.4, 0.5) is 4.39 Å². The number of hydrogen-bond acceptors (Lipinski definition) is 4. The number of benzene rings is 2. The number of pyridine rings is 1. The molecule has 27 heavy (non-hydrogen) atoms. The average molecular weight is 366 g/mol. The minimum absolute atomic E-state index is 0.194. The summed E-state index contributed by atoms with van der Waals surface area (Å²) in [6.45, 7) is 3.16. The molecule has 1 atom stereocenters. The summed E-state index contributed by atoms with van der Waals surface area (Å²) in [5, 5.41) is 3.48. The van der Waals surface area contributed by atoms with Crippen molar-refractivity contribution >= 4 is 0 Å². The van der Waals surface area contributed by atoms with Gasteiger partial charge in [-0.25, -0.2) is 4.39 Å². The molecule has 0 saturated carbocycles. The summed E-state index contributed by atoms with van der Waals surface area (Å²) in [4.78, 5) is 4.15. The molecular weight excluding hydrogens is 343 g/mol. The summed E-state index contributed by atoms with van der Waals surface area (Å²) in [5.41, 5.74) is 3.13. The van der Waals surface area contributed by atoms with Crippen molar-refractivity contribution < 1.29 is 13.9 Å². The summed E-state index contributed by atoms with van der Waals surface area (Å²) in [6, 6.07) is 16.3. The van der Waals surface area contributed by atoms with Crippen molar-refractivity contribution in [3.05, 3.63) is 89.5 Å². The number of nitrogens with one attached hydrogen (secondary N) is 1. The second-order valence-corrected chi connectivity index (χ2v) is 6.29. The third kappa shape index (κ3) is 5.28. The predicted molar refractivity (Wildman–Crippen MR) is 103 cm³/mol. The van der Waals surface area contributed by atoms with Gasteiger partial charge in [-0.1, -0.05) is 24.3 Å². The van der Waals surface area contributed by atoms with Gasteiger partial charge in [-0.3, -0.25) is 4.98 Å². The van der Waals surface area contributed by atoms with E-state index in [0.717, 1.165) is 16.7 Å². The first-order chi connectivity index (χ1) is 13.2. The van der Waals surface area contributed by atoms with Crippen LogP contribution in [0.3, 0.4) is 0 Å². The van der Waals surface area contributed by atoms with E-state index in [1.165, 1.54) is 12.1 Å². The van der Waals surface area contributed by atoms with Gasteiger partial charge in [0.2, 0.25) is 0 Å². The van der Waals surface area contributed by atoms with Crippen LogP contribution in [0.5, 0.6) is 11.5 Å². The molecule has 1 aromatic heterocycles. The quantitative estimate of drug-likeness (QED) is 0.630. The molecule has 0 amide bonds. The van der Waals surface area contributed by atoms with Gasteiger partial charge in [0.15, 0.2) is 11.5 Å². The van der Waals surface area contributed by atoms with Gasteiger partial charge >= 0.3 is 0 Å². The van der Waals surface area contributed by atoms with E-state index in [-0.39, 0.29) is 11.9 Å². The van der Waals surface area contributed by atoms with Crippen LogP contribution in [0.25, 0.3) is 0 Å². The van der Waals surface area contributed by atoms with Gasteiger partial charge in [0.05, 0.1) is 7.11 Å². The molecule has 140 valence electrons. The van der Waals surface area contributed by atoms with Crippen molar-refractivity contribution in [3.63, 3.8) is 0 Å². The maximum Gasteiger partial charge on any atom is 0.161 e. The molecule has 0 aliphatic heterocycles. The van der Waals surface area contributed by atoms with Crippen LogP contribution >= 0.6 is 0 Å². The first-order valence-electron chi connectivity index (χ1n) is 8.83. The van der Waals surface area contributed by atoms with E-state index in [9.17, 15) is 4.39 Å². The zero-order valence-corrected chi connectivity index (χ0v) is 15.5. The summed E-state index contributed by atoms with van der Waals surface area (Å²) < 4.78 is 24.3. The lowest BCUT2D eigenvalue weighted by atomic mass is 10.1. The Morgan fingerprint density at radius 2 is 1.81 bits per heavy atom. The topological polar surface area (TPSA) is 43.4 Å². The second kappa shape index (κ2) is 9.14. The van der Waals surface area contributed by atoms with Crippen molar-refractivity contribution in [2.24, 2.45) is 0 Å². The Morgan fingerprint density at radius 3 is 2.52 bits per heavy atom. The van der Waals surface area contributed by atoms with E-state index >= 15 is 0 Å². The van der Waals surface area contributed by atoms with Crippen LogP contribution in [-0.2, 0) is 13.2 Å². The Balaban J connectivity index is 1.60. The van der Waals surface area contributed by atoms with E-state index in [1.807, 2.05) is 30.5 Å². The molecule has 5 heteroatoms. The molecule has 2 aromatic carbocycles. The Hall–Kier alpha value is -2.92. The predicted octanol–water partition coefficient (Wildman–Crippen LogP) is 4.66. The minimum Gasteiger partial charge on any atom is -0.493 e. The number of rotatable bonds is 8. The standard InChI is InChI=1S/C22H23FN2O2/c1-16(19-4-3-11-24-14-19)25-13-18-7-10-21(22(12-18)26-2)27-15-17-5-8-20(23)9-6-17/h3-12,14,16,25H,13,15H2,1-2H3/t16-/m1/s1. The molecule has 3 aromatic rings. The van der Waals surface area contributed by atoms with Gasteiger partial charge in [-0.15, -0.1) is 0 Å². The zero-order valence-electron chi connectivity index (χ0n) is 15.5. The lowest BCUT2D eigenvalue weighted by molar-refractivity contribution is 0.284. The number of methoxy groups -OCH3 is 1. The largest absolute Gasteiger partial charge is 0.493 e. The van der Waals surface area contributed by atoms with Crippen LogP contribution in [0, 0.1) is 5.82 Å². The SMILES string of the molecule is COc1cc(CN[C@H](C)c2cccnc2)ccc1OCc1ccc(F)cc1. The molecule has 0 unspecified atom stereocenters. The highest BCUT2D eigenvalue weighted by atomic mass is 19.1. The Kier molecular flexibility index (Phi) is 6.39. The number of hydrogen-bond donors (Lipinski definition) is 1. The van der Waals surface area contributed by atoms with E-state index in [0.29, 0.717) is 24.7 Å². The maximum atomic E-state index is 13.0. The van der Waals surface area contributed by atoms with Crippen LogP contribution in [0.2, 0.25) is 0 Å². The normalized spacial score (nSPS) is 11.8. The fourth-order valence-electron chi connectivity index (χ4n) is 2.70. The van der Waals surface area contributed by atoms with Crippen molar-refractivity contribution in [2.75, 3.05) is 7.11 Å². The van der Waals surface area contributed by atoms with Crippen LogP contribution < -0.4 is 14.8 Å². The third-order valence-electron chi connectivity index (χ3n) is 4.33. The molecule has 1 N–H and O–H groups in total. The van der Waals surface area contributed by atoms with Crippen molar-refractivity contribution in [3.8, 4) is 11.5 Å². The van der Waals surface area contributed by atoms with Crippen LogP contribution in [0.1, 0.15) is 29.7 Å². The summed E-state index contributed by atoms with van der Waals surface area (Å²) in [5.74, 6) is 1.07. The first kappa shape index (κ1) is 18.9. The van der Waals surface area contributed by atoms with E-state index in [1.54, 1.807) is 25.4 Å². The van der Waals surface area contributed by atoms with Gasteiger partial charge in [0.25, 0.3) is 0 Å². The fraction of sp³-hybridized carbons (Fsp3) is 0.227. The molecule has 3 rings (SSSR count). The van der Waals surface area contributed by atoms with Gasteiger partial charge < -0.3 is 14.8 Å². The molecule has 4 nitrogen and oxygen atoms in total. The lowest BCUT2D eigenvalue weighted by Crippen LogP contribution is -2.18. The first-order valence-corrected chi connectivity index (χ1v) is 8.83. The summed E-state index contributed by atoms with van der Waals surface area (Å²) in [7, 11) is 1.62. The molecule has 0 aliphatic rings. The number of ether oxygens (including phenoxy) is 2. The average Bonchev–Trinajstić information content (AvgIpc) is 2.72. The number of halogens is 1. The maximum absolute atomic E-state index is 13.0. The third-order valence-corrected chi connectivity index (χ3v) is 4.33. The summed E-state index contributed by atoms with van der Waals surface area (Å²) >= 11 is 0. The molecule has 0 aliphatic carbocycles. The van der Waals surface area contributed by atoms with Gasteiger partial charge in [-0.05, 0) is 53.9 Å². The van der Waals surface area contributed by atoms with Crippen LogP contribution in [0.15, 0.2) is 67.0 Å². The molecule has 0 radical (unpaired) electrons. The van der Waals surface area contributed by atoms with Crippen LogP contribution in [-0.4, -0.2) is 12.1 Å². The highest BCUT2D eigenvalue weighted by molar-refractivity contribution is 5.43. The van der Waals surface area contributed by atoms with Gasteiger partial charge in [0, 0.05) is 25.0 Å². The molecule has 1 heterocycles. The minimum atomic E-state index is -0.256. The molecule has 0 fully saturated rings. The monoisotopic (exact) mass is 366 g/mol. The zero-order chi connectivity index (χ0) is 19.1. The Labute approximate surface area is 159 Å². The smallest absolute Gasteiger partial charge is 0.161 e.